The zero-order valence-electron chi connectivity index (χ0n) is 11.3. The van der Waals surface area contributed by atoms with Gasteiger partial charge in [0, 0.05) is 0 Å². The summed E-state index contributed by atoms with van der Waals surface area (Å²) in [6, 6.07) is 3.94. The van der Waals surface area contributed by atoms with Gasteiger partial charge in [0.25, 0.3) is 0 Å². The molecule has 0 amide bonds. The third-order valence-electron chi connectivity index (χ3n) is 3.03. The van der Waals surface area contributed by atoms with Crippen molar-refractivity contribution in [2.24, 2.45) is 0 Å². The summed E-state index contributed by atoms with van der Waals surface area (Å²) in [7, 11) is 0. The summed E-state index contributed by atoms with van der Waals surface area (Å²) < 4.78 is 41.9. The normalized spacial score (nSPS) is 11.0. The lowest BCUT2D eigenvalue weighted by atomic mass is 9.99. The number of aromatic nitrogens is 1. The van der Waals surface area contributed by atoms with Gasteiger partial charge in [-0.2, -0.15) is 0 Å². The van der Waals surface area contributed by atoms with Crippen LogP contribution in [0.25, 0.3) is 11.3 Å². The minimum absolute atomic E-state index is 0.105. The fourth-order valence-electron chi connectivity index (χ4n) is 1.89. The van der Waals surface area contributed by atoms with Crippen molar-refractivity contribution in [3.63, 3.8) is 0 Å². The number of benzene rings is 1. The van der Waals surface area contributed by atoms with E-state index in [4.69, 9.17) is 5.11 Å². The van der Waals surface area contributed by atoms with Crippen LogP contribution in [-0.2, 0) is 0 Å². The number of carboxylic acids is 1. The average Bonchev–Trinajstić information content (AvgIpc) is 2.39. The highest BCUT2D eigenvalue weighted by molar-refractivity contribution is 5.86. The van der Waals surface area contributed by atoms with Gasteiger partial charge >= 0.3 is 5.97 Å². The van der Waals surface area contributed by atoms with Crippen molar-refractivity contribution in [3.8, 4) is 11.3 Å². The molecule has 0 saturated carbocycles. The monoisotopic (exact) mass is 295 g/mol. The van der Waals surface area contributed by atoms with Crippen LogP contribution in [0.5, 0.6) is 0 Å². The minimum atomic E-state index is -1.41. The third kappa shape index (κ3) is 2.89. The summed E-state index contributed by atoms with van der Waals surface area (Å²) >= 11 is 0. The van der Waals surface area contributed by atoms with E-state index in [1.807, 2.05) is 0 Å². The number of aromatic carboxylic acids is 1. The van der Waals surface area contributed by atoms with Crippen molar-refractivity contribution in [3.05, 3.63) is 53.0 Å². The Kier molecular flexibility index (Phi) is 3.97. The van der Waals surface area contributed by atoms with Crippen LogP contribution >= 0.6 is 0 Å². The molecule has 0 radical (unpaired) electrons. The lowest BCUT2D eigenvalue weighted by molar-refractivity contribution is 0.0690. The summed E-state index contributed by atoms with van der Waals surface area (Å²) in [6.45, 7) is 3.52. The molecule has 1 aromatic heterocycles. The summed E-state index contributed by atoms with van der Waals surface area (Å²) in [6.07, 6.45) is 0. The second kappa shape index (κ2) is 5.55. The molecule has 1 N–H and O–H groups in total. The van der Waals surface area contributed by atoms with Gasteiger partial charge in [0.15, 0.2) is 0 Å². The van der Waals surface area contributed by atoms with Crippen LogP contribution in [0, 0.1) is 17.5 Å². The SMILES string of the molecule is CC(C)c1cc(F)c(-c2nc(C(=O)O)ccc2F)c(F)c1. The molecule has 0 atom stereocenters. The van der Waals surface area contributed by atoms with Gasteiger partial charge in [-0.15, -0.1) is 0 Å². The van der Waals surface area contributed by atoms with Gasteiger partial charge in [-0.05, 0) is 35.7 Å². The first-order valence-corrected chi connectivity index (χ1v) is 6.20. The predicted octanol–water partition coefficient (Wildman–Crippen LogP) is 3.99. The molecule has 0 saturated heterocycles. The molecule has 0 bridgehead atoms. The number of hydrogen-bond donors (Lipinski definition) is 1. The summed E-state index contributed by atoms with van der Waals surface area (Å²) in [4.78, 5) is 14.3. The third-order valence-corrected chi connectivity index (χ3v) is 3.03. The number of carbonyl (C=O) groups is 1. The Morgan fingerprint density at radius 1 is 1.10 bits per heavy atom. The Morgan fingerprint density at radius 2 is 1.67 bits per heavy atom. The first-order chi connectivity index (χ1) is 9.81. The fourth-order valence-corrected chi connectivity index (χ4v) is 1.89. The van der Waals surface area contributed by atoms with Gasteiger partial charge in [-0.3, -0.25) is 0 Å². The van der Waals surface area contributed by atoms with Crippen molar-refractivity contribution < 1.29 is 23.1 Å². The molecular formula is C15H12F3NO2. The molecule has 0 unspecified atom stereocenters. The van der Waals surface area contributed by atoms with Crippen LogP contribution < -0.4 is 0 Å². The van der Waals surface area contributed by atoms with E-state index in [0.29, 0.717) is 5.56 Å². The first-order valence-electron chi connectivity index (χ1n) is 6.20. The molecule has 21 heavy (non-hydrogen) atoms. The molecule has 0 aliphatic rings. The number of halogens is 3. The van der Waals surface area contributed by atoms with Gasteiger partial charge in [0.2, 0.25) is 0 Å². The number of pyridine rings is 1. The molecule has 0 aliphatic carbocycles. The van der Waals surface area contributed by atoms with Crippen LogP contribution in [0.1, 0.15) is 35.8 Å². The fraction of sp³-hybridized carbons (Fsp3) is 0.200. The predicted molar refractivity (Wildman–Crippen MR) is 70.6 cm³/mol. The molecular weight excluding hydrogens is 283 g/mol. The van der Waals surface area contributed by atoms with E-state index < -0.39 is 40.4 Å². The van der Waals surface area contributed by atoms with E-state index in [9.17, 15) is 18.0 Å². The molecule has 0 spiro atoms. The maximum atomic E-state index is 14.1. The Bertz CT molecular complexity index is 691. The highest BCUT2D eigenvalue weighted by Crippen LogP contribution is 2.30. The van der Waals surface area contributed by atoms with E-state index in [0.717, 1.165) is 24.3 Å². The Balaban J connectivity index is 2.67. The molecule has 6 heteroatoms. The van der Waals surface area contributed by atoms with Crippen molar-refractivity contribution in [1.29, 1.82) is 0 Å². The molecule has 1 heterocycles. The van der Waals surface area contributed by atoms with Crippen LogP contribution in [0.15, 0.2) is 24.3 Å². The largest absolute Gasteiger partial charge is 0.477 e. The molecule has 0 aliphatic heterocycles. The molecule has 0 fully saturated rings. The van der Waals surface area contributed by atoms with Crippen LogP contribution in [0.4, 0.5) is 13.2 Å². The van der Waals surface area contributed by atoms with Crippen molar-refractivity contribution in [2.75, 3.05) is 0 Å². The van der Waals surface area contributed by atoms with Gasteiger partial charge < -0.3 is 5.11 Å². The van der Waals surface area contributed by atoms with Gasteiger partial charge in [0.05, 0.1) is 5.56 Å². The maximum Gasteiger partial charge on any atom is 0.354 e. The van der Waals surface area contributed by atoms with E-state index >= 15 is 0 Å². The molecule has 2 rings (SSSR count). The summed E-state index contributed by atoms with van der Waals surface area (Å²) in [5, 5.41) is 8.83. The standard InChI is InChI=1S/C15H12F3NO2/c1-7(2)8-5-10(17)13(11(18)6-8)14-9(16)3-4-12(19-14)15(20)21/h3-7H,1-2H3,(H,20,21). The van der Waals surface area contributed by atoms with E-state index in [1.165, 1.54) is 0 Å². The smallest absolute Gasteiger partial charge is 0.354 e. The molecule has 1 aromatic carbocycles. The minimum Gasteiger partial charge on any atom is -0.477 e. The van der Waals surface area contributed by atoms with Crippen LogP contribution in [0.2, 0.25) is 0 Å². The average molecular weight is 295 g/mol. The number of rotatable bonds is 3. The van der Waals surface area contributed by atoms with Crippen LogP contribution in [0.3, 0.4) is 0 Å². The molecule has 3 nitrogen and oxygen atoms in total. The Labute approximate surface area is 119 Å². The summed E-state index contributed by atoms with van der Waals surface area (Å²) in [5.41, 5.74) is -1.39. The number of hydrogen-bond acceptors (Lipinski definition) is 2. The zero-order valence-corrected chi connectivity index (χ0v) is 11.3. The summed E-state index contributed by atoms with van der Waals surface area (Å²) in [5.74, 6) is -4.46. The number of nitrogens with zero attached hydrogens (tertiary/aromatic N) is 1. The quantitative estimate of drug-likeness (QED) is 0.931. The van der Waals surface area contributed by atoms with Crippen molar-refractivity contribution >= 4 is 5.97 Å². The van der Waals surface area contributed by atoms with E-state index in [1.54, 1.807) is 13.8 Å². The molecule has 2 aromatic rings. The number of carboxylic acid groups (broad SMARTS) is 1. The zero-order chi connectivity index (χ0) is 15.7. The highest BCUT2D eigenvalue weighted by Gasteiger charge is 2.20. The van der Waals surface area contributed by atoms with Gasteiger partial charge in [-0.1, -0.05) is 13.8 Å². The second-order valence-corrected chi connectivity index (χ2v) is 4.85. The highest BCUT2D eigenvalue weighted by atomic mass is 19.1. The van der Waals surface area contributed by atoms with E-state index in [2.05, 4.69) is 4.98 Å². The Morgan fingerprint density at radius 3 is 2.14 bits per heavy atom. The van der Waals surface area contributed by atoms with E-state index in [-0.39, 0.29) is 5.92 Å². The first kappa shape index (κ1) is 15.0. The van der Waals surface area contributed by atoms with Crippen molar-refractivity contribution in [1.82, 2.24) is 4.98 Å². The van der Waals surface area contributed by atoms with Gasteiger partial charge in [-0.25, -0.2) is 22.9 Å². The second-order valence-electron chi connectivity index (χ2n) is 4.85. The van der Waals surface area contributed by atoms with Crippen molar-refractivity contribution in [2.45, 2.75) is 19.8 Å². The van der Waals surface area contributed by atoms with Crippen LogP contribution in [-0.4, -0.2) is 16.1 Å². The topological polar surface area (TPSA) is 50.2 Å². The lowest BCUT2D eigenvalue weighted by Gasteiger charge is -2.11. The maximum absolute atomic E-state index is 14.1. The Hall–Kier alpha value is -2.37. The van der Waals surface area contributed by atoms with Gasteiger partial charge in [0.1, 0.15) is 28.8 Å². The molecule has 110 valence electrons. The lowest BCUT2D eigenvalue weighted by Crippen LogP contribution is -2.05.